The van der Waals surface area contributed by atoms with E-state index >= 15 is 0 Å². The molecule has 1 aromatic heterocycles. The molecular formula is C10H13N3O5. The van der Waals surface area contributed by atoms with Crippen LogP contribution in [0.3, 0.4) is 0 Å². The predicted molar refractivity (Wildman–Crippen MR) is 62.3 cm³/mol. The molecule has 0 fully saturated rings. The number of unbranched alkanes of at least 4 members (excludes halogenated alkanes) is 1. The van der Waals surface area contributed by atoms with Gasteiger partial charge >= 0.3 is 23.0 Å². The monoisotopic (exact) mass is 255 g/mol. The number of nitrogens with zero attached hydrogens (tertiary/aromatic N) is 1. The number of carbonyl (C=O) groups is 1. The lowest BCUT2D eigenvalue weighted by molar-refractivity contribution is -0.137. The first-order valence-corrected chi connectivity index (χ1v) is 5.27. The van der Waals surface area contributed by atoms with Crippen molar-refractivity contribution < 1.29 is 9.53 Å². The highest BCUT2D eigenvalue weighted by Crippen LogP contribution is 1.92. The van der Waals surface area contributed by atoms with Crippen LogP contribution < -0.4 is 17.1 Å². The summed E-state index contributed by atoms with van der Waals surface area (Å²) in [4.78, 5) is 47.9. The van der Waals surface area contributed by atoms with E-state index in [1.54, 1.807) is 0 Å². The maximum Gasteiger partial charge on any atom is 0.333 e. The molecule has 0 radical (unpaired) electrons. The number of aromatic nitrogens is 3. The van der Waals surface area contributed by atoms with Crippen LogP contribution in [0, 0.1) is 0 Å². The average molecular weight is 255 g/mol. The summed E-state index contributed by atoms with van der Waals surface area (Å²) in [6, 6.07) is 0. The van der Waals surface area contributed by atoms with Crippen molar-refractivity contribution in [2.75, 3.05) is 6.61 Å². The first-order chi connectivity index (χ1) is 8.54. The molecule has 0 aliphatic heterocycles. The molecule has 0 aliphatic rings. The molecule has 0 spiro atoms. The van der Waals surface area contributed by atoms with Gasteiger partial charge in [0.05, 0.1) is 6.61 Å². The van der Waals surface area contributed by atoms with Gasteiger partial charge in [-0.15, -0.1) is 0 Å². The SMILES string of the molecule is C=CC(=O)OCCCCn1c(=O)[nH]c(=O)[nH]c1=O. The number of ether oxygens (including phenoxy) is 1. The minimum absolute atomic E-state index is 0.136. The minimum atomic E-state index is -0.832. The van der Waals surface area contributed by atoms with Gasteiger partial charge in [-0.05, 0) is 12.8 Å². The zero-order chi connectivity index (χ0) is 13.5. The van der Waals surface area contributed by atoms with Gasteiger partial charge in [0.25, 0.3) is 0 Å². The molecule has 0 aromatic carbocycles. The van der Waals surface area contributed by atoms with Crippen LogP contribution >= 0.6 is 0 Å². The summed E-state index contributed by atoms with van der Waals surface area (Å²) in [5.41, 5.74) is -2.35. The van der Waals surface area contributed by atoms with E-state index in [0.717, 1.165) is 10.6 Å². The Morgan fingerprint density at radius 3 is 2.39 bits per heavy atom. The highest BCUT2D eigenvalue weighted by Gasteiger charge is 2.02. The van der Waals surface area contributed by atoms with Gasteiger partial charge in [-0.1, -0.05) is 6.58 Å². The van der Waals surface area contributed by atoms with Gasteiger partial charge in [0.2, 0.25) is 0 Å². The number of hydrogen-bond acceptors (Lipinski definition) is 5. The molecule has 0 amide bonds. The predicted octanol–water partition coefficient (Wildman–Crippen LogP) is -1.27. The summed E-state index contributed by atoms with van der Waals surface area (Å²) in [5.74, 6) is -0.519. The fraction of sp³-hybridized carbons (Fsp3) is 0.400. The molecule has 0 saturated heterocycles. The summed E-state index contributed by atoms with van der Waals surface area (Å²) in [7, 11) is 0. The van der Waals surface area contributed by atoms with E-state index in [-0.39, 0.29) is 13.2 Å². The fourth-order valence-electron chi connectivity index (χ4n) is 1.26. The van der Waals surface area contributed by atoms with Gasteiger partial charge in [-0.3, -0.25) is 9.97 Å². The highest BCUT2D eigenvalue weighted by atomic mass is 16.5. The van der Waals surface area contributed by atoms with Crippen LogP contribution in [0.15, 0.2) is 27.0 Å². The van der Waals surface area contributed by atoms with Crippen LogP contribution in [0.5, 0.6) is 0 Å². The Kier molecular flexibility index (Phi) is 4.85. The van der Waals surface area contributed by atoms with Crippen molar-refractivity contribution in [3.05, 3.63) is 44.1 Å². The van der Waals surface area contributed by atoms with Crippen LogP contribution in [0.4, 0.5) is 0 Å². The minimum Gasteiger partial charge on any atom is -0.463 e. The summed E-state index contributed by atoms with van der Waals surface area (Å²) in [5, 5.41) is 0. The molecule has 0 bridgehead atoms. The van der Waals surface area contributed by atoms with Crippen LogP contribution in [0.25, 0.3) is 0 Å². The van der Waals surface area contributed by atoms with Gasteiger partial charge in [-0.2, -0.15) is 0 Å². The molecule has 98 valence electrons. The second-order valence-electron chi connectivity index (χ2n) is 3.42. The normalized spacial score (nSPS) is 10.0. The Labute approximate surface area is 101 Å². The Hall–Kier alpha value is -2.38. The number of carbonyl (C=O) groups excluding carboxylic acids is 1. The van der Waals surface area contributed by atoms with E-state index < -0.39 is 23.0 Å². The molecule has 1 aromatic rings. The summed E-state index contributed by atoms with van der Waals surface area (Å²) in [6.07, 6.45) is 2.00. The smallest absolute Gasteiger partial charge is 0.333 e. The third-order valence-corrected chi connectivity index (χ3v) is 2.12. The zero-order valence-corrected chi connectivity index (χ0v) is 9.60. The average Bonchev–Trinajstić information content (AvgIpc) is 2.31. The van der Waals surface area contributed by atoms with Crippen LogP contribution in [0.2, 0.25) is 0 Å². The van der Waals surface area contributed by atoms with Crippen LogP contribution in [0.1, 0.15) is 12.8 Å². The third kappa shape index (κ3) is 3.89. The number of hydrogen-bond donors (Lipinski definition) is 2. The van der Waals surface area contributed by atoms with Crippen molar-refractivity contribution in [1.82, 2.24) is 14.5 Å². The lowest BCUT2D eigenvalue weighted by atomic mass is 10.3. The molecule has 0 atom stereocenters. The molecule has 2 N–H and O–H groups in total. The maximum atomic E-state index is 11.3. The van der Waals surface area contributed by atoms with Crippen LogP contribution in [-0.4, -0.2) is 27.1 Å². The number of rotatable bonds is 6. The van der Waals surface area contributed by atoms with E-state index in [9.17, 15) is 19.2 Å². The number of esters is 1. The second-order valence-corrected chi connectivity index (χ2v) is 3.42. The first kappa shape index (κ1) is 13.7. The van der Waals surface area contributed by atoms with Crippen LogP contribution in [-0.2, 0) is 16.1 Å². The zero-order valence-electron chi connectivity index (χ0n) is 9.60. The fourth-order valence-corrected chi connectivity index (χ4v) is 1.26. The van der Waals surface area contributed by atoms with Crippen molar-refractivity contribution in [3.8, 4) is 0 Å². The molecule has 8 nitrogen and oxygen atoms in total. The van der Waals surface area contributed by atoms with Crippen molar-refractivity contribution in [2.45, 2.75) is 19.4 Å². The van der Waals surface area contributed by atoms with Crippen molar-refractivity contribution in [3.63, 3.8) is 0 Å². The summed E-state index contributed by atoms with van der Waals surface area (Å²) < 4.78 is 5.59. The topological polar surface area (TPSA) is 114 Å². The number of H-pyrrole nitrogens is 2. The van der Waals surface area contributed by atoms with E-state index in [4.69, 9.17) is 4.74 Å². The van der Waals surface area contributed by atoms with Gasteiger partial charge in [-0.25, -0.2) is 23.7 Å². The summed E-state index contributed by atoms with van der Waals surface area (Å²) in [6.45, 7) is 3.56. The first-order valence-electron chi connectivity index (χ1n) is 5.27. The van der Waals surface area contributed by atoms with E-state index in [1.165, 1.54) is 0 Å². The van der Waals surface area contributed by atoms with E-state index in [0.29, 0.717) is 12.8 Å². The molecule has 1 heterocycles. The molecule has 18 heavy (non-hydrogen) atoms. The molecule has 1 rings (SSSR count). The Morgan fingerprint density at radius 1 is 1.22 bits per heavy atom. The number of aromatic amines is 2. The number of nitrogens with one attached hydrogen (secondary N) is 2. The third-order valence-electron chi connectivity index (χ3n) is 2.12. The van der Waals surface area contributed by atoms with Crippen molar-refractivity contribution in [2.24, 2.45) is 0 Å². The maximum absolute atomic E-state index is 11.3. The Morgan fingerprint density at radius 2 is 1.83 bits per heavy atom. The van der Waals surface area contributed by atoms with E-state index in [1.807, 2.05) is 9.97 Å². The van der Waals surface area contributed by atoms with Gasteiger partial charge in [0.15, 0.2) is 0 Å². The van der Waals surface area contributed by atoms with Gasteiger partial charge in [0.1, 0.15) is 0 Å². The summed E-state index contributed by atoms with van der Waals surface area (Å²) >= 11 is 0. The van der Waals surface area contributed by atoms with E-state index in [2.05, 4.69) is 6.58 Å². The molecule has 0 saturated carbocycles. The lowest BCUT2D eigenvalue weighted by Crippen LogP contribution is -2.43. The quantitative estimate of drug-likeness (QED) is 0.374. The second kappa shape index (κ2) is 6.38. The molecule has 0 aliphatic carbocycles. The Bertz CT molecular complexity index is 560. The standard InChI is InChI=1S/C10H13N3O5/c1-2-7(14)18-6-4-3-5-13-9(16)11-8(15)12-10(13)17/h2H,1,3-6H2,(H2,11,12,15,16,17). The Balaban J connectivity index is 2.48. The largest absolute Gasteiger partial charge is 0.463 e. The molecule has 8 heteroatoms. The molecular weight excluding hydrogens is 242 g/mol. The molecule has 0 unspecified atom stereocenters. The lowest BCUT2D eigenvalue weighted by Gasteiger charge is -2.03. The van der Waals surface area contributed by atoms with Gasteiger partial charge < -0.3 is 4.74 Å². The van der Waals surface area contributed by atoms with Crippen molar-refractivity contribution in [1.29, 1.82) is 0 Å². The van der Waals surface area contributed by atoms with Crippen molar-refractivity contribution >= 4 is 5.97 Å². The highest BCUT2D eigenvalue weighted by molar-refractivity contribution is 5.81. The van der Waals surface area contributed by atoms with Gasteiger partial charge in [0, 0.05) is 12.6 Å².